The third kappa shape index (κ3) is 4.11. The average Bonchev–Trinajstić information content (AvgIpc) is 2.94. The zero-order valence-electron chi connectivity index (χ0n) is 11.0. The number of hydrogen-bond donors (Lipinski definition) is 2. The number of halogens is 2. The molecule has 6 heteroatoms. The summed E-state index contributed by atoms with van der Waals surface area (Å²) in [6, 6.07) is 3.43. The molecule has 0 bridgehead atoms. The van der Waals surface area contributed by atoms with Crippen molar-refractivity contribution in [2.75, 3.05) is 13.1 Å². The van der Waals surface area contributed by atoms with Gasteiger partial charge in [-0.2, -0.15) is 0 Å². The molecule has 20 heavy (non-hydrogen) atoms. The van der Waals surface area contributed by atoms with Crippen molar-refractivity contribution in [3.05, 3.63) is 54.1 Å². The summed E-state index contributed by atoms with van der Waals surface area (Å²) in [5, 5.41) is 12.9. The van der Waals surface area contributed by atoms with E-state index in [4.69, 9.17) is 0 Å². The van der Waals surface area contributed by atoms with E-state index in [1.54, 1.807) is 12.5 Å². The Bertz CT molecular complexity index is 531. The van der Waals surface area contributed by atoms with E-state index in [0.717, 1.165) is 31.6 Å². The maximum Gasteiger partial charge on any atom is 0.159 e. The van der Waals surface area contributed by atoms with Crippen LogP contribution >= 0.6 is 0 Å². The van der Waals surface area contributed by atoms with Gasteiger partial charge in [0, 0.05) is 25.5 Å². The van der Waals surface area contributed by atoms with Gasteiger partial charge in [0.15, 0.2) is 11.6 Å². The van der Waals surface area contributed by atoms with Gasteiger partial charge in [-0.05, 0) is 30.7 Å². The summed E-state index contributed by atoms with van der Waals surface area (Å²) < 4.78 is 27.8. The second-order valence-electron chi connectivity index (χ2n) is 4.55. The summed E-state index contributed by atoms with van der Waals surface area (Å²) in [6.45, 7) is 1.86. The van der Waals surface area contributed by atoms with Gasteiger partial charge in [-0.3, -0.25) is 0 Å². The van der Waals surface area contributed by atoms with E-state index in [-0.39, 0.29) is 0 Å². The lowest BCUT2D eigenvalue weighted by molar-refractivity contribution is 0.174. The van der Waals surface area contributed by atoms with Gasteiger partial charge in [0.05, 0.1) is 12.4 Å². The van der Waals surface area contributed by atoms with Gasteiger partial charge >= 0.3 is 0 Å². The van der Waals surface area contributed by atoms with Crippen LogP contribution in [0.2, 0.25) is 0 Å². The van der Waals surface area contributed by atoms with E-state index in [2.05, 4.69) is 10.3 Å². The van der Waals surface area contributed by atoms with E-state index >= 15 is 0 Å². The zero-order chi connectivity index (χ0) is 14.4. The monoisotopic (exact) mass is 281 g/mol. The Hall–Kier alpha value is -1.79. The highest BCUT2D eigenvalue weighted by Crippen LogP contribution is 2.15. The summed E-state index contributed by atoms with van der Waals surface area (Å²) >= 11 is 0. The Kier molecular flexibility index (Phi) is 5.20. The van der Waals surface area contributed by atoms with Crippen LogP contribution in [0.15, 0.2) is 36.9 Å². The molecular formula is C14H17F2N3O. The first-order valence-corrected chi connectivity index (χ1v) is 6.46. The minimum Gasteiger partial charge on any atom is -0.387 e. The van der Waals surface area contributed by atoms with Crippen molar-refractivity contribution < 1.29 is 13.9 Å². The summed E-state index contributed by atoms with van der Waals surface area (Å²) in [4.78, 5) is 3.94. The molecule has 0 radical (unpaired) electrons. The highest BCUT2D eigenvalue weighted by atomic mass is 19.2. The van der Waals surface area contributed by atoms with Crippen LogP contribution in [0.4, 0.5) is 8.78 Å². The molecule has 4 nitrogen and oxygen atoms in total. The molecule has 1 heterocycles. The van der Waals surface area contributed by atoms with Crippen molar-refractivity contribution in [1.29, 1.82) is 0 Å². The van der Waals surface area contributed by atoms with Crippen molar-refractivity contribution in [3.8, 4) is 0 Å². The minimum absolute atomic E-state index is 0.301. The summed E-state index contributed by atoms with van der Waals surface area (Å²) in [5.74, 6) is -1.85. The first kappa shape index (κ1) is 14.6. The summed E-state index contributed by atoms with van der Waals surface area (Å²) in [5.41, 5.74) is 0.367. The lowest BCUT2D eigenvalue weighted by atomic mass is 10.1. The van der Waals surface area contributed by atoms with Crippen LogP contribution in [-0.2, 0) is 6.54 Å². The molecule has 0 aliphatic carbocycles. The second-order valence-corrected chi connectivity index (χ2v) is 4.55. The molecule has 0 fully saturated rings. The van der Waals surface area contributed by atoms with Gasteiger partial charge in [-0.25, -0.2) is 13.8 Å². The second kappa shape index (κ2) is 7.12. The van der Waals surface area contributed by atoms with Crippen molar-refractivity contribution in [2.24, 2.45) is 0 Å². The Balaban J connectivity index is 1.69. The van der Waals surface area contributed by atoms with Crippen molar-refractivity contribution in [3.63, 3.8) is 0 Å². The van der Waals surface area contributed by atoms with Crippen LogP contribution in [0.1, 0.15) is 18.1 Å². The highest BCUT2D eigenvalue weighted by Gasteiger charge is 2.10. The number of hydrogen-bond acceptors (Lipinski definition) is 3. The number of aryl methyl sites for hydroxylation is 1. The maximum absolute atomic E-state index is 13.0. The third-order valence-electron chi connectivity index (χ3n) is 3.00. The highest BCUT2D eigenvalue weighted by molar-refractivity contribution is 5.20. The van der Waals surface area contributed by atoms with Crippen LogP contribution in [0.3, 0.4) is 0 Å². The molecule has 2 aromatic rings. The van der Waals surface area contributed by atoms with Gasteiger partial charge in [0.2, 0.25) is 0 Å². The SMILES string of the molecule is OC(CNCCCn1ccnc1)c1ccc(F)c(F)c1. The molecule has 0 saturated heterocycles. The topological polar surface area (TPSA) is 50.1 Å². The molecule has 0 spiro atoms. The molecule has 0 aliphatic rings. The number of benzene rings is 1. The molecule has 108 valence electrons. The van der Waals surface area contributed by atoms with E-state index < -0.39 is 17.7 Å². The summed E-state index contributed by atoms with van der Waals surface area (Å²) in [7, 11) is 0. The minimum atomic E-state index is -0.943. The van der Waals surface area contributed by atoms with Gasteiger partial charge in [-0.15, -0.1) is 0 Å². The molecule has 0 saturated carbocycles. The predicted octanol–water partition coefficient (Wildman–Crippen LogP) is 1.87. The number of aliphatic hydroxyl groups is 1. The normalized spacial score (nSPS) is 12.6. The van der Waals surface area contributed by atoms with Crippen molar-refractivity contribution in [1.82, 2.24) is 14.9 Å². The van der Waals surface area contributed by atoms with E-state index in [1.807, 2.05) is 10.8 Å². The van der Waals surface area contributed by atoms with Crippen LogP contribution in [0.5, 0.6) is 0 Å². The molecule has 1 aromatic heterocycles. The third-order valence-corrected chi connectivity index (χ3v) is 3.00. The molecule has 2 rings (SSSR count). The van der Waals surface area contributed by atoms with Gasteiger partial charge in [0.25, 0.3) is 0 Å². The number of nitrogens with zero attached hydrogens (tertiary/aromatic N) is 2. The first-order valence-electron chi connectivity index (χ1n) is 6.46. The van der Waals surface area contributed by atoms with Crippen molar-refractivity contribution >= 4 is 0 Å². The molecule has 1 atom stereocenters. The van der Waals surface area contributed by atoms with Gasteiger partial charge in [0.1, 0.15) is 0 Å². The number of aliphatic hydroxyl groups excluding tert-OH is 1. The lowest BCUT2D eigenvalue weighted by Gasteiger charge is -2.12. The Labute approximate surface area is 116 Å². The number of imidazole rings is 1. The fourth-order valence-corrected chi connectivity index (χ4v) is 1.88. The largest absolute Gasteiger partial charge is 0.387 e. The Morgan fingerprint density at radius 1 is 1.30 bits per heavy atom. The lowest BCUT2D eigenvalue weighted by Crippen LogP contribution is -2.23. The standard InChI is InChI=1S/C14H17F2N3O/c15-12-3-2-11(8-13(12)16)14(20)9-17-4-1-6-19-7-5-18-10-19/h2-3,5,7-8,10,14,17,20H,1,4,6,9H2. The number of aromatic nitrogens is 2. The van der Waals surface area contributed by atoms with Crippen LogP contribution in [-0.4, -0.2) is 27.7 Å². The molecule has 2 N–H and O–H groups in total. The maximum atomic E-state index is 13.0. The number of rotatable bonds is 7. The fraction of sp³-hybridized carbons (Fsp3) is 0.357. The Morgan fingerprint density at radius 3 is 2.85 bits per heavy atom. The van der Waals surface area contributed by atoms with Gasteiger partial charge < -0.3 is 15.0 Å². The molecular weight excluding hydrogens is 264 g/mol. The van der Waals surface area contributed by atoms with Gasteiger partial charge in [-0.1, -0.05) is 6.07 Å². The molecule has 0 amide bonds. The quantitative estimate of drug-likeness (QED) is 0.762. The van der Waals surface area contributed by atoms with Crippen LogP contribution in [0.25, 0.3) is 0 Å². The summed E-state index contributed by atoms with van der Waals surface area (Å²) in [6.07, 6.45) is 5.39. The Morgan fingerprint density at radius 2 is 2.15 bits per heavy atom. The smallest absolute Gasteiger partial charge is 0.159 e. The fourth-order valence-electron chi connectivity index (χ4n) is 1.88. The number of nitrogens with one attached hydrogen (secondary N) is 1. The van der Waals surface area contributed by atoms with E-state index in [0.29, 0.717) is 12.1 Å². The zero-order valence-corrected chi connectivity index (χ0v) is 11.0. The van der Waals surface area contributed by atoms with Crippen molar-refractivity contribution in [2.45, 2.75) is 19.1 Å². The average molecular weight is 281 g/mol. The predicted molar refractivity (Wildman–Crippen MR) is 71.0 cm³/mol. The van der Waals surface area contributed by atoms with Crippen LogP contribution in [0, 0.1) is 11.6 Å². The van der Waals surface area contributed by atoms with E-state index in [1.165, 1.54) is 6.07 Å². The molecule has 1 unspecified atom stereocenters. The molecule has 1 aromatic carbocycles. The molecule has 0 aliphatic heterocycles. The van der Waals surface area contributed by atoms with E-state index in [9.17, 15) is 13.9 Å². The first-order chi connectivity index (χ1) is 9.66. The van der Waals surface area contributed by atoms with Crippen LogP contribution < -0.4 is 5.32 Å².